The van der Waals surface area contributed by atoms with Crippen LogP contribution in [0.15, 0.2) is 0 Å². The lowest BCUT2D eigenvalue weighted by Gasteiger charge is -2.33. The minimum atomic E-state index is -0.824. The van der Waals surface area contributed by atoms with E-state index in [9.17, 15) is 9.59 Å². The van der Waals surface area contributed by atoms with Crippen molar-refractivity contribution in [3.05, 3.63) is 0 Å². The van der Waals surface area contributed by atoms with Crippen LogP contribution in [0.1, 0.15) is 25.7 Å². The van der Waals surface area contributed by atoms with Gasteiger partial charge in [-0.2, -0.15) is 0 Å². The number of nitrogens with zero attached hydrogens (tertiary/aromatic N) is 2. The summed E-state index contributed by atoms with van der Waals surface area (Å²) in [4.78, 5) is 25.7. The third-order valence-electron chi connectivity index (χ3n) is 3.02. The molecule has 98 valence electrons. The number of rotatable bonds is 4. The summed E-state index contributed by atoms with van der Waals surface area (Å²) in [6.07, 6.45) is 2.27. The molecule has 1 heterocycles. The second-order valence-corrected chi connectivity index (χ2v) is 4.53. The molecular weight excluding hydrogens is 222 g/mol. The van der Waals surface area contributed by atoms with E-state index in [1.54, 1.807) is 16.8 Å². The molecule has 0 spiro atoms. The number of piperidine rings is 1. The molecule has 3 N–H and O–H groups in total. The van der Waals surface area contributed by atoms with Crippen LogP contribution in [0, 0.1) is 0 Å². The van der Waals surface area contributed by atoms with E-state index in [2.05, 4.69) is 0 Å². The van der Waals surface area contributed by atoms with Crippen molar-refractivity contribution in [2.24, 2.45) is 5.73 Å². The van der Waals surface area contributed by atoms with Gasteiger partial charge in [-0.15, -0.1) is 0 Å². The van der Waals surface area contributed by atoms with Crippen LogP contribution in [0.5, 0.6) is 0 Å². The number of urea groups is 1. The maximum atomic E-state index is 11.9. The average Bonchev–Trinajstić information content (AvgIpc) is 2.28. The molecule has 0 radical (unpaired) electrons. The predicted molar refractivity (Wildman–Crippen MR) is 63.7 cm³/mol. The standard InChI is InChI=1S/C11H21N3O3/c1-13(6-2-3-10(15)16)11(17)14-7-4-9(12)5-8-14/h9H,2-8,12H2,1H3,(H,15,16). The zero-order valence-electron chi connectivity index (χ0n) is 10.3. The van der Waals surface area contributed by atoms with Gasteiger partial charge in [0.05, 0.1) is 0 Å². The number of hydrogen-bond acceptors (Lipinski definition) is 3. The lowest BCUT2D eigenvalue weighted by Crippen LogP contribution is -2.47. The van der Waals surface area contributed by atoms with Crippen molar-refractivity contribution in [1.82, 2.24) is 9.80 Å². The van der Waals surface area contributed by atoms with Gasteiger partial charge < -0.3 is 20.6 Å². The molecule has 1 rings (SSSR count). The fourth-order valence-electron chi connectivity index (χ4n) is 1.90. The Morgan fingerprint density at radius 1 is 1.41 bits per heavy atom. The van der Waals surface area contributed by atoms with E-state index in [1.165, 1.54) is 0 Å². The summed E-state index contributed by atoms with van der Waals surface area (Å²) in [7, 11) is 1.71. The number of hydrogen-bond donors (Lipinski definition) is 2. The second kappa shape index (κ2) is 6.44. The first-order chi connectivity index (χ1) is 8.00. The number of carbonyl (C=O) groups is 2. The van der Waals surface area contributed by atoms with Gasteiger partial charge in [-0.05, 0) is 19.3 Å². The third-order valence-corrected chi connectivity index (χ3v) is 3.02. The zero-order valence-corrected chi connectivity index (χ0v) is 10.3. The molecule has 0 aromatic rings. The molecular formula is C11H21N3O3. The summed E-state index contributed by atoms with van der Waals surface area (Å²) in [6.45, 7) is 1.88. The van der Waals surface area contributed by atoms with Gasteiger partial charge in [0.1, 0.15) is 0 Å². The fraction of sp³-hybridized carbons (Fsp3) is 0.818. The Labute approximate surface area is 101 Å². The molecule has 0 unspecified atom stereocenters. The number of aliphatic carboxylic acids is 1. The predicted octanol–water partition coefficient (Wildman–Crippen LogP) is 0.326. The van der Waals surface area contributed by atoms with Gasteiger partial charge in [0.2, 0.25) is 0 Å². The molecule has 6 nitrogen and oxygen atoms in total. The quantitative estimate of drug-likeness (QED) is 0.744. The first-order valence-electron chi connectivity index (χ1n) is 5.98. The van der Waals surface area contributed by atoms with Crippen molar-refractivity contribution in [2.45, 2.75) is 31.7 Å². The Morgan fingerprint density at radius 2 is 2.00 bits per heavy atom. The Hall–Kier alpha value is -1.30. The largest absolute Gasteiger partial charge is 0.481 e. The third kappa shape index (κ3) is 4.60. The summed E-state index contributed by atoms with van der Waals surface area (Å²) in [5.41, 5.74) is 5.77. The van der Waals surface area contributed by atoms with Crippen LogP contribution in [0.3, 0.4) is 0 Å². The van der Waals surface area contributed by atoms with Gasteiger partial charge in [0.25, 0.3) is 0 Å². The van der Waals surface area contributed by atoms with Crippen molar-refractivity contribution in [3.8, 4) is 0 Å². The highest BCUT2D eigenvalue weighted by atomic mass is 16.4. The van der Waals surface area contributed by atoms with Crippen molar-refractivity contribution in [3.63, 3.8) is 0 Å². The topological polar surface area (TPSA) is 86.9 Å². The number of likely N-dealkylation sites (tertiary alicyclic amines) is 1. The Bertz CT molecular complexity index is 275. The van der Waals surface area contributed by atoms with Gasteiger partial charge in [0.15, 0.2) is 0 Å². The molecule has 2 amide bonds. The molecule has 0 aromatic carbocycles. The van der Waals surface area contributed by atoms with E-state index in [4.69, 9.17) is 10.8 Å². The molecule has 6 heteroatoms. The van der Waals surface area contributed by atoms with Crippen LogP contribution in [-0.2, 0) is 4.79 Å². The van der Waals surface area contributed by atoms with E-state index in [0.29, 0.717) is 26.1 Å². The summed E-state index contributed by atoms with van der Waals surface area (Å²) in [5.74, 6) is -0.824. The van der Waals surface area contributed by atoms with Crippen molar-refractivity contribution < 1.29 is 14.7 Å². The van der Waals surface area contributed by atoms with Gasteiger partial charge in [-0.3, -0.25) is 4.79 Å². The number of carboxylic acids is 1. The molecule has 1 fully saturated rings. The maximum absolute atomic E-state index is 11.9. The molecule has 0 bridgehead atoms. The lowest BCUT2D eigenvalue weighted by atomic mass is 10.1. The van der Waals surface area contributed by atoms with Crippen LogP contribution < -0.4 is 5.73 Å². The van der Waals surface area contributed by atoms with Gasteiger partial charge in [0, 0.05) is 39.1 Å². The van der Waals surface area contributed by atoms with Crippen molar-refractivity contribution in [1.29, 1.82) is 0 Å². The molecule has 1 aliphatic rings. The Balaban J connectivity index is 2.28. The fourth-order valence-corrected chi connectivity index (χ4v) is 1.90. The summed E-state index contributed by atoms with van der Waals surface area (Å²) < 4.78 is 0. The number of carbonyl (C=O) groups excluding carboxylic acids is 1. The zero-order chi connectivity index (χ0) is 12.8. The maximum Gasteiger partial charge on any atom is 0.319 e. The van der Waals surface area contributed by atoms with Crippen LogP contribution in [0.25, 0.3) is 0 Å². The minimum Gasteiger partial charge on any atom is -0.481 e. The normalized spacial score (nSPS) is 16.9. The highest BCUT2D eigenvalue weighted by Gasteiger charge is 2.22. The molecule has 1 saturated heterocycles. The van der Waals surface area contributed by atoms with Crippen LogP contribution >= 0.6 is 0 Å². The Kier molecular flexibility index (Phi) is 5.21. The van der Waals surface area contributed by atoms with Crippen LogP contribution in [0.2, 0.25) is 0 Å². The van der Waals surface area contributed by atoms with Gasteiger partial charge >= 0.3 is 12.0 Å². The average molecular weight is 243 g/mol. The van der Waals surface area contributed by atoms with E-state index < -0.39 is 5.97 Å². The summed E-state index contributed by atoms with van der Waals surface area (Å²) >= 11 is 0. The summed E-state index contributed by atoms with van der Waals surface area (Å²) in [5, 5.41) is 8.52. The number of carboxylic acid groups (broad SMARTS) is 1. The SMILES string of the molecule is CN(CCCC(=O)O)C(=O)N1CCC(N)CC1. The number of amides is 2. The van der Waals surface area contributed by atoms with E-state index in [1.807, 2.05) is 0 Å². The molecule has 0 atom stereocenters. The van der Waals surface area contributed by atoms with Crippen LogP contribution in [0.4, 0.5) is 4.79 Å². The number of nitrogens with two attached hydrogens (primary N) is 1. The highest BCUT2D eigenvalue weighted by molar-refractivity contribution is 5.74. The van der Waals surface area contributed by atoms with Crippen molar-refractivity contribution >= 4 is 12.0 Å². The first-order valence-corrected chi connectivity index (χ1v) is 5.98. The van der Waals surface area contributed by atoms with Gasteiger partial charge in [-0.1, -0.05) is 0 Å². The second-order valence-electron chi connectivity index (χ2n) is 4.53. The monoisotopic (exact) mass is 243 g/mol. The molecule has 17 heavy (non-hydrogen) atoms. The molecule has 0 saturated carbocycles. The highest BCUT2D eigenvalue weighted by Crippen LogP contribution is 2.10. The van der Waals surface area contributed by atoms with Crippen molar-refractivity contribution in [2.75, 3.05) is 26.7 Å². The lowest BCUT2D eigenvalue weighted by molar-refractivity contribution is -0.137. The van der Waals surface area contributed by atoms with E-state index in [-0.39, 0.29) is 18.5 Å². The van der Waals surface area contributed by atoms with Crippen LogP contribution in [-0.4, -0.2) is 59.6 Å². The van der Waals surface area contributed by atoms with Gasteiger partial charge in [-0.25, -0.2) is 4.79 Å². The minimum absolute atomic E-state index is 0.0257. The smallest absolute Gasteiger partial charge is 0.319 e. The first kappa shape index (κ1) is 13.8. The van der Waals surface area contributed by atoms with E-state index in [0.717, 1.165) is 12.8 Å². The summed E-state index contributed by atoms with van der Waals surface area (Å²) in [6, 6.07) is 0.179. The molecule has 1 aliphatic heterocycles. The Morgan fingerprint density at radius 3 is 2.53 bits per heavy atom. The molecule has 0 aliphatic carbocycles. The van der Waals surface area contributed by atoms with E-state index >= 15 is 0 Å². The molecule has 0 aromatic heterocycles.